The number of aryl methyl sites for hydroxylation is 1. The zero-order chi connectivity index (χ0) is 14.5. The molecule has 0 aliphatic heterocycles. The Morgan fingerprint density at radius 1 is 1.00 bits per heavy atom. The third-order valence-electron chi connectivity index (χ3n) is 3.32. The van der Waals surface area contributed by atoms with E-state index < -0.39 is 0 Å². The summed E-state index contributed by atoms with van der Waals surface area (Å²) in [6.45, 7) is 3.99. The normalized spacial score (nSPS) is 13.6. The van der Waals surface area contributed by atoms with Crippen molar-refractivity contribution in [3.8, 4) is 11.5 Å². The van der Waals surface area contributed by atoms with Crippen LogP contribution in [0.5, 0.6) is 11.5 Å². The van der Waals surface area contributed by atoms with E-state index in [1.807, 2.05) is 62.4 Å². The molecular formula is C17H21NO2. The molecule has 0 aromatic heterocycles. The van der Waals surface area contributed by atoms with Crippen LogP contribution >= 0.6 is 0 Å². The molecule has 0 aliphatic carbocycles. The van der Waals surface area contributed by atoms with Crippen LogP contribution in [0.25, 0.3) is 0 Å². The summed E-state index contributed by atoms with van der Waals surface area (Å²) in [4.78, 5) is 0. The lowest BCUT2D eigenvalue weighted by atomic mass is 10.0. The molecule has 0 heterocycles. The van der Waals surface area contributed by atoms with Gasteiger partial charge in [-0.25, -0.2) is 0 Å². The van der Waals surface area contributed by atoms with Gasteiger partial charge in [0.05, 0.1) is 13.2 Å². The maximum Gasteiger partial charge on any atom is 0.161 e. The van der Waals surface area contributed by atoms with Crippen LogP contribution < -0.4 is 15.2 Å². The van der Waals surface area contributed by atoms with E-state index in [4.69, 9.17) is 15.2 Å². The van der Waals surface area contributed by atoms with Crippen LogP contribution in [0.4, 0.5) is 0 Å². The molecule has 2 aromatic carbocycles. The summed E-state index contributed by atoms with van der Waals surface area (Å²) in [6.07, 6.45) is -0.144. The first-order valence-corrected chi connectivity index (χ1v) is 6.73. The maximum absolute atomic E-state index is 6.24. The maximum atomic E-state index is 6.24. The second-order valence-electron chi connectivity index (χ2n) is 4.91. The van der Waals surface area contributed by atoms with Crippen LogP contribution in [-0.2, 0) is 0 Å². The Bertz CT molecular complexity index is 554. The van der Waals surface area contributed by atoms with Crippen LogP contribution in [0.15, 0.2) is 48.5 Å². The van der Waals surface area contributed by atoms with E-state index >= 15 is 0 Å². The summed E-state index contributed by atoms with van der Waals surface area (Å²) < 4.78 is 11.3. The summed E-state index contributed by atoms with van der Waals surface area (Å²) in [5.74, 6) is 1.45. The van der Waals surface area contributed by atoms with Crippen molar-refractivity contribution >= 4 is 0 Å². The highest BCUT2D eigenvalue weighted by molar-refractivity contribution is 5.42. The van der Waals surface area contributed by atoms with E-state index in [9.17, 15) is 0 Å². The van der Waals surface area contributed by atoms with Gasteiger partial charge < -0.3 is 15.2 Å². The zero-order valence-electron chi connectivity index (χ0n) is 12.2. The molecule has 2 rings (SSSR count). The van der Waals surface area contributed by atoms with Crippen molar-refractivity contribution in [2.24, 2.45) is 5.73 Å². The van der Waals surface area contributed by atoms with Crippen molar-refractivity contribution in [2.45, 2.75) is 26.0 Å². The van der Waals surface area contributed by atoms with Gasteiger partial charge in [-0.05, 0) is 37.1 Å². The smallest absolute Gasteiger partial charge is 0.161 e. The van der Waals surface area contributed by atoms with E-state index in [1.165, 1.54) is 0 Å². The van der Waals surface area contributed by atoms with Crippen molar-refractivity contribution in [2.75, 3.05) is 7.11 Å². The largest absolute Gasteiger partial charge is 0.493 e. The van der Waals surface area contributed by atoms with Gasteiger partial charge in [-0.1, -0.05) is 36.4 Å². The molecule has 106 valence electrons. The van der Waals surface area contributed by atoms with E-state index in [2.05, 4.69) is 0 Å². The molecule has 2 unspecified atom stereocenters. The summed E-state index contributed by atoms with van der Waals surface area (Å²) >= 11 is 0. The summed E-state index contributed by atoms with van der Waals surface area (Å²) in [5.41, 5.74) is 8.44. The van der Waals surface area contributed by atoms with Crippen LogP contribution in [0.2, 0.25) is 0 Å². The van der Waals surface area contributed by atoms with Crippen molar-refractivity contribution in [3.63, 3.8) is 0 Å². The van der Waals surface area contributed by atoms with Gasteiger partial charge in [0.2, 0.25) is 0 Å². The Balaban J connectivity index is 2.13. The average molecular weight is 271 g/mol. The highest BCUT2D eigenvalue weighted by Crippen LogP contribution is 2.30. The predicted octanol–water partition coefficient (Wildman–Crippen LogP) is 3.47. The number of ether oxygens (including phenoxy) is 2. The number of benzene rings is 2. The standard InChI is InChI=1S/C17H21NO2/c1-12-9-10-15(16(11-12)19-3)20-13(2)17(18)14-7-5-4-6-8-14/h4-11,13,17H,18H2,1-3H3. The molecule has 20 heavy (non-hydrogen) atoms. The van der Waals surface area contributed by atoms with Gasteiger partial charge in [0.15, 0.2) is 11.5 Å². The van der Waals surface area contributed by atoms with Gasteiger partial charge >= 0.3 is 0 Å². The Morgan fingerprint density at radius 3 is 2.35 bits per heavy atom. The minimum absolute atomic E-state index is 0.144. The molecular weight excluding hydrogens is 250 g/mol. The van der Waals surface area contributed by atoms with Gasteiger partial charge in [0.1, 0.15) is 6.10 Å². The van der Waals surface area contributed by atoms with Gasteiger partial charge in [-0.2, -0.15) is 0 Å². The average Bonchev–Trinajstić information content (AvgIpc) is 2.49. The Labute approximate surface area is 120 Å². The van der Waals surface area contributed by atoms with Crippen LogP contribution in [0.3, 0.4) is 0 Å². The van der Waals surface area contributed by atoms with Crippen molar-refractivity contribution in [1.82, 2.24) is 0 Å². The molecule has 0 saturated heterocycles. The molecule has 0 fully saturated rings. The summed E-state index contributed by atoms with van der Waals surface area (Å²) in [5, 5.41) is 0. The SMILES string of the molecule is COc1cc(C)ccc1OC(C)C(N)c1ccccc1. The molecule has 0 saturated carbocycles. The number of hydrogen-bond donors (Lipinski definition) is 1. The minimum atomic E-state index is -0.179. The van der Waals surface area contributed by atoms with Crippen LogP contribution in [-0.4, -0.2) is 13.2 Å². The van der Waals surface area contributed by atoms with Crippen molar-refractivity contribution in [3.05, 3.63) is 59.7 Å². The van der Waals surface area contributed by atoms with Crippen molar-refractivity contribution in [1.29, 1.82) is 0 Å². The zero-order valence-corrected chi connectivity index (χ0v) is 12.2. The first-order chi connectivity index (χ1) is 9.61. The first kappa shape index (κ1) is 14.4. The van der Waals surface area contributed by atoms with Gasteiger partial charge in [-0.3, -0.25) is 0 Å². The molecule has 0 radical (unpaired) electrons. The number of methoxy groups -OCH3 is 1. The van der Waals surface area contributed by atoms with E-state index in [0.717, 1.165) is 22.6 Å². The van der Waals surface area contributed by atoms with Gasteiger partial charge in [-0.15, -0.1) is 0 Å². The second kappa shape index (κ2) is 6.44. The highest BCUT2D eigenvalue weighted by atomic mass is 16.5. The lowest BCUT2D eigenvalue weighted by Crippen LogP contribution is -2.28. The Hall–Kier alpha value is -2.00. The van der Waals surface area contributed by atoms with Crippen molar-refractivity contribution < 1.29 is 9.47 Å². The lowest BCUT2D eigenvalue weighted by Gasteiger charge is -2.23. The highest BCUT2D eigenvalue weighted by Gasteiger charge is 2.18. The monoisotopic (exact) mass is 271 g/mol. The van der Waals surface area contributed by atoms with E-state index in [0.29, 0.717) is 0 Å². The van der Waals surface area contributed by atoms with Crippen LogP contribution in [0.1, 0.15) is 24.1 Å². The second-order valence-corrected chi connectivity index (χ2v) is 4.91. The topological polar surface area (TPSA) is 44.5 Å². The minimum Gasteiger partial charge on any atom is -0.493 e. The lowest BCUT2D eigenvalue weighted by molar-refractivity contribution is 0.183. The molecule has 0 aliphatic rings. The molecule has 2 atom stereocenters. The molecule has 0 spiro atoms. The summed E-state index contributed by atoms with van der Waals surface area (Å²) in [6, 6.07) is 15.7. The van der Waals surface area contributed by atoms with E-state index in [1.54, 1.807) is 7.11 Å². The first-order valence-electron chi connectivity index (χ1n) is 6.73. The van der Waals surface area contributed by atoms with Gasteiger partial charge in [0.25, 0.3) is 0 Å². The fraction of sp³-hybridized carbons (Fsp3) is 0.294. The number of nitrogens with two attached hydrogens (primary N) is 1. The van der Waals surface area contributed by atoms with E-state index in [-0.39, 0.29) is 12.1 Å². The van der Waals surface area contributed by atoms with Gasteiger partial charge in [0, 0.05) is 0 Å². The molecule has 0 amide bonds. The fourth-order valence-electron chi connectivity index (χ4n) is 2.09. The summed E-state index contributed by atoms with van der Waals surface area (Å²) in [7, 11) is 1.64. The molecule has 0 bridgehead atoms. The third kappa shape index (κ3) is 3.31. The quantitative estimate of drug-likeness (QED) is 0.905. The molecule has 2 N–H and O–H groups in total. The molecule has 3 heteroatoms. The van der Waals surface area contributed by atoms with Crippen LogP contribution in [0, 0.1) is 6.92 Å². The molecule has 3 nitrogen and oxygen atoms in total. The number of hydrogen-bond acceptors (Lipinski definition) is 3. The fourth-order valence-corrected chi connectivity index (χ4v) is 2.09. The Kier molecular flexibility index (Phi) is 4.64. The molecule has 2 aromatic rings. The Morgan fingerprint density at radius 2 is 1.70 bits per heavy atom. The number of rotatable bonds is 5. The third-order valence-corrected chi connectivity index (χ3v) is 3.32. The predicted molar refractivity (Wildman–Crippen MR) is 81.2 cm³/mol.